The molecule has 0 saturated carbocycles. The number of fused-ring (bicyclic) bond motifs is 9. The number of benzene rings is 9. The summed E-state index contributed by atoms with van der Waals surface area (Å²) < 4.78 is 6.67. The van der Waals surface area contributed by atoms with E-state index in [1.165, 1.54) is 0 Å². The molecule has 6 heterocycles. The molecule has 0 spiro atoms. The first-order valence-corrected chi connectivity index (χ1v) is 27.2. The standard InChI is InChI=1S/C70H45N11/c1-6-22-44(23-7-1)63-72-64(45-24-8-2-9-25-45)76-69(75-63)80-56-35-19-16-32-51(56)54-42-48(38-40-59(54)80)62-61-53-34-18-21-37-58(53)79(50-30-14-5-15-31-50)68(61)74-67(71-62)49-39-41-60-55(43-49)52-33-17-20-36-57(52)81(60)70-77-65(46-26-10-3-11-27-46)73-66(78-70)47-28-12-4-13-29-47/h1-18,20-34,36-43H,19,35H2. The highest BCUT2D eigenvalue weighted by Crippen LogP contribution is 2.43. The molecule has 0 saturated heterocycles. The second kappa shape index (κ2) is 18.9. The fourth-order valence-electron chi connectivity index (χ4n) is 11.7. The van der Waals surface area contributed by atoms with Crippen molar-refractivity contribution in [2.24, 2.45) is 0 Å². The molecular weight excluding hydrogens is 995 g/mol. The maximum Gasteiger partial charge on any atom is 0.238 e. The molecule has 1 aliphatic rings. The van der Waals surface area contributed by atoms with Crippen LogP contribution in [-0.4, -0.2) is 53.6 Å². The third-order valence-corrected chi connectivity index (χ3v) is 15.5. The Morgan fingerprint density at radius 2 is 0.753 bits per heavy atom. The molecule has 1 aliphatic carbocycles. The maximum atomic E-state index is 5.69. The summed E-state index contributed by atoms with van der Waals surface area (Å²) in [6, 6.07) is 81.2. The molecule has 81 heavy (non-hydrogen) atoms. The maximum absolute atomic E-state index is 5.69. The lowest BCUT2D eigenvalue weighted by molar-refractivity contribution is 0.838. The first-order chi connectivity index (χ1) is 40.2. The van der Waals surface area contributed by atoms with Crippen LogP contribution >= 0.6 is 0 Å². The number of hydrogen-bond acceptors (Lipinski definition) is 8. The second-order valence-corrected chi connectivity index (χ2v) is 20.3. The Balaban J connectivity index is 0.917. The van der Waals surface area contributed by atoms with Gasteiger partial charge in [0.15, 0.2) is 29.1 Å². The number of allylic oxidation sites excluding steroid dienone is 1. The molecule has 11 nitrogen and oxygen atoms in total. The van der Waals surface area contributed by atoms with Crippen LogP contribution < -0.4 is 0 Å². The van der Waals surface area contributed by atoms with E-state index in [1.807, 2.05) is 97.1 Å². The van der Waals surface area contributed by atoms with Crippen molar-refractivity contribution < 1.29 is 0 Å². The molecular formula is C70H45N11. The zero-order valence-electron chi connectivity index (χ0n) is 43.5. The first kappa shape index (κ1) is 46.1. The van der Waals surface area contributed by atoms with Crippen LogP contribution in [0.25, 0.3) is 147 Å². The van der Waals surface area contributed by atoms with E-state index >= 15 is 0 Å². The van der Waals surface area contributed by atoms with E-state index < -0.39 is 0 Å². The topological polar surface area (TPSA) is 118 Å². The van der Waals surface area contributed by atoms with Gasteiger partial charge in [-0.05, 0) is 67.4 Å². The Bertz CT molecular complexity index is 4860. The van der Waals surface area contributed by atoms with Crippen LogP contribution in [0.5, 0.6) is 0 Å². The van der Waals surface area contributed by atoms with Crippen LogP contribution in [0.2, 0.25) is 0 Å². The molecule has 11 heteroatoms. The fraction of sp³-hybridized carbons (Fsp3) is 0.0286. The van der Waals surface area contributed by atoms with E-state index in [1.54, 1.807) is 0 Å². The molecule has 0 bridgehead atoms. The van der Waals surface area contributed by atoms with E-state index in [2.05, 4.69) is 165 Å². The number of rotatable bonds is 9. The number of nitrogens with zero attached hydrogens (tertiary/aromatic N) is 11. The van der Waals surface area contributed by atoms with Crippen LogP contribution in [0.3, 0.4) is 0 Å². The van der Waals surface area contributed by atoms with Crippen molar-refractivity contribution in [1.82, 2.24) is 53.6 Å². The van der Waals surface area contributed by atoms with Crippen LogP contribution in [0, 0.1) is 0 Å². The normalized spacial score (nSPS) is 12.3. The third-order valence-electron chi connectivity index (χ3n) is 15.5. The lowest BCUT2D eigenvalue weighted by atomic mass is 9.99. The van der Waals surface area contributed by atoms with Crippen molar-refractivity contribution in [2.75, 3.05) is 0 Å². The second-order valence-electron chi connectivity index (χ2n) is 20.3. The smallest absolute Gasteiger partial charge is 0.238 e. The van der Waals surface area contributed by atoms with Gasteiger partial charge < -0.3 is 0 Å². The van der Waals surface area contributed by atoms with Crippen LogP contribution in [0.15, 0.2) is 243 Å². The van der Waals surface area contributed by atoms with Gasteiger partial charge in [-0.25, -0.2) is 19.9 Å². The first-order valence-electron chi connectivity index (χ1n) is 27.2. The number of hydrogen-bond donors (Lipinski definition) is 0. The van der Waals surface area contributed by atoms with Gasteiger partial charge in [0.05, 0.1) is 33.1 Å². The molecule has 0 radical (unpaired) electrons. The zero-order valence-corrected chi connectivity index (χ0v) is 43.5. The minimum Gasteiger partial charge on any atom is -0.294 e. The highest BCUT2D eigenvalue weighted by Gasteiger charge is 2.26. The summed E-state index contributed by atoms with van der Waals surface area (Å²) in [5.74, 6) is 4.13. The van der Waals surface area contributed by atoms with Gasteiger partial charge >= 0.3 is 0 Å². The monoisotopic (exact) mass is 1040 g/mol. The van der Waals surface area contributed by atoms with E-state index in [0.29, 0.717) is 41.0 Å². The molecule has 0 N–H and O–H groups in total. The van der Waals surface area contributed by atoms with E-state index in [-0.39, 0.29) is 0 Å². The summed E-state index contributed by atoms with van der Waals surface area (Å²) in [5.41, 5.74) is 14.4. The highest BCUT2D eigenvalue weighted by atomic mass is 15.2. The minimum atomic E-state index is 0.527. The Labute approximate surface area is 464 Å². The molecule has 9 aromatic carbocycles. The summed E-state index contributed by atoms with van der Waals surface area (Å²) in [6.45, 7) is 0. The largest absolute Gasteiger partial charge is 0.294 e. The number of aromatic nitrogens is 11. The van der Waals surface area contributed by atoms with Gasteiger partial charge in [0.2, 0.25) is 11.9 Å². The Morgan fingerprint density at radius 3 is 1.33 bits per heavy atom. The molecule has 6 aromatic heterocycles. The van der Waals surface area contributed by atoms with Gasteiger partial charge in [0.1, 0.15) is 5.65 Å². The third kappa shape index (κ3) is 7.73. The molecule has 380 valence electrons. The van der Waals surface area contributed by atoms with Gasteiger partial charge in [-0.15, -0.1) is 0 Å². The zero-order chi connectivity index (χ0) is 53.4. The summed E-state index contributed by atoms with van der Waals surface area (Å²) in [6.07, 6.45) is 6.25. The summed E-state index contributed by atoms with van der Waals surface area (Å²) >= 11 is 0. The summed E-state index contributed by atoms with van der Waals surface area (Å²) in [4.78, 5) is 42.2. The van der Waals surface area contributed by atoms with Gasteiger partial charge in [-0.2, -0.15) is 19.9 Å². The molecule has 0 fully saturated rings. The van der Waals surface area contributed by atoms with E-state index in [9.17, 15) is 0 Å². The molecule has 0 unspecified atom stereocenters. The summed E-state index contributed by atoms with van der Waals surface area (Å²) in [7, 11) is 0. The molecule has 0 amide bonds. The van der Waals surface area contributed by atoms with Gasteiger partial charge in [0.25, 0.3) is 0 Å². The van der Waals surface area contributed by atoms with Crippen LogP contribution in [0.1, 0.15) is 17.7 Å². The Morgan fingerprint density at radius 1 is 0.309 bits per heavy atom. The van der Waals surface area contributed by atoms with Crippen molar-refractivity contribution in [3.05, 3.63) is 254 Å². The SMILES string of the molecule is C1=Cc2c(n(-c3nc(-c4ccccc4)nc(-c4ccccc4)n3)c3ccc(-c4nc(-c5ccc6c(c5)c5ccccc5n6-c5nc(-c6ccccc6)nc(-c6ccccc6)n5)nc5c4c4ccccc4n5-c4ccccc4)cc23)CC1. The number of para-hydroxylation sites is 3. The van der Waals surface area contributed by atoms with Crippen molar-refractivity contribution in [2.45, 2.75) is 12.8 Å². The predicted octanol–water partition coefficient (Wildman–Crippen LogP) is 15.9. The van der Waals surface area contributed by atoms with Gasteiger partial charge in [-0.3, -0.25) is 13.7 Å². The minimum absolute atomic E-state index is 0.527. The lowest BCUT2D eigenvalue weighted by Gasteiger charge is -2.14. The van der Waals surface area contributed by atoms with E-state index in [0.717, 1.165) is 124 Å². The molecule has 16 rings (SSSR count). The molecule has 15 aromatic rings. The average Bonchev–Trinajstić information content (AvgIpc) is 3.73. The fourth-order valence-corrected chi connectivity index (χ4v) is 11.7. The molecule has 0 atom stereocenters. The highest BCUT2D eigenvalue weighted by molar-refractivity contribution is 6.15. The van der Waals surface area contributed by atoms with Gasteiger partial charge in [-0.1, -0.05) is 194 Å². The van der Waals surface area contributed by atoms with E-state index in [4.69, 9.17) is 39.9 Å². The Hall–Kier alpha value is -11.0. The predicted molar refractivity (Wildman–Crippen MR) is 324 cm³/mol. The lowest BCUT2D eigenvalue weighted by Crippen LogP contribution is -2.10. The quantitative estimate of drug-likeness (QED) is 0.140. The van der Waals surface area contributed by atoms with Gasteiger partial charge in [0, 0.05) is 71.9 Å². The average molecular weight is 1040 g/mol. The van der Waals surface area contributed by atoms with Crippen LogP contribution in [-0.2, 0) is 6.42 Å². The van der Waals surface area contributed by atoms with Crippen molar-refractivity contribution >= 4 is 60.7 Å². The summed E-state index contributed by atoms with van der Waals surface area (Å²) in [5, 5.41) is 5.18. The molecule has 0 aliphatic heterocycles. The van der Waals surface area contributed by atoms with Crippen molar-refractivity contribution in [3.63, 3.8) is 0 Å². The van der Waals surface area contributed by atoms with Crippen molar-refractivity contribution in [3.8, 4) is 85.8 Å². The Kier molecular flexibility index (Phi) is 10.7. The van der Waals surface area contributed by atoms with Crippen molar-refractivity contribution in [1.29, 1.82) is 0 Å². The van der Waals surface area contributed by atoms with Crippen LogP contribution in [0.4, 0.5) is 0 Å².